The predicted molar refractivity (Wildman–Crippen MR) is 311 cm³/mol. The molecule has 0 aromatic heterocycles. The molecule has 0 saturated carbocycles. The third-order valence-electron chi connectivity index (χ3n) is 13.5. The van der Waals surface area contributed by atoms with Crippen molar-refractivity contribution in [3.05, 3.63) is 123 Å². The number of aliphatic hydroxyl groups is 3. The molecule has 13 nitrogen and oxygen atoms in total. The highest BCUT2D eigenvalue weighted by Crippen LogP contribution is 2.35. The van der Waals surface area contributed by atoms with Gasteiger partial charge < -0.3 is 53.2 Å². The summed E-state index contributed by atoms with van der Waals surface area (Å²) in [6, 6.07) is 17.9. The van der Waals surface area contributed by atoms with Crippen molar-refractivity contribution in [2.24, 2.45) is 0 Å². The number of carbonyl (C=O) groups is 2. The lowest BCUT2D eigenvalue weighted by molar-refractivity contribution is -0.153. The van der Waals surface area contributed by atoms with Crippen LogP contribution in [-0.2, 0) is 52.6 Å². The molecular weight excluding hydrogens is 1010 g/mol. The predicted octanol–water partition coefficient (Wildman–Crippen LogP) is 12.1. The molecule has 5 rings (SSSR count). The summed E-state index contributed by atoms with van der Waals surface area (Å²) in [5.74, 6) is -1.21. The molecule has 15 heteroatoms. The van der Waals surface area contributed by atoms with E-state index in [0.717, 1.165) is 69.6 Å². The van der Waals surface area contributed by atoms with Gasteiger partial charge in [0.05, 0.1) is 56.9 Å². The summed E-state index contributed by atoms with van der Waals surface area (Å²) in [6.45, 7) is 31.2. The summed E-state index contributed by atoms with van der Waals surface area (Å²) in [7, 11) is -0.921. The molecule has 0 amide bonds. The molecule has 2 heterocycles. The number of methoxy groups -OCH3 is 1. The first-order valence-electron chi connectivity index (χ1n) is 27.9. The number of benzene rings is 3. The summed E-state index contributed by atoms with van der Waals surface area (Å²) in [6.07, 6.45) is 9.59. The molecular formula is C62H96O13Si2. The molecule has 6 atom stereocenters. The van der Waals surface area contributed by atoms with Gasteiger partial charge in [0.15, 0.2) is 11.6 Å². The normalized spacial score (nSPS) is 20.0. The van der Waals surface area contributed by atoms with Gasteiger partial charge in [-0.05, 0) is 159 Å². The second-order valence-corrected chi connectivity index (χ2v) is 35.5. The van der Waals surface area contributed by atoms with E-state index in [-0.39, 0.29) is 30.8 Å². The highest BCUT2D eigenvalue weighted by molar-refractivity contribution is 6.76. The van der Waals surface area contributed by atoms with Crippen molar-refractivity contribution in [1.82, 2.24) is 0 Å². The Balaban J connectivity index is 0.000000342. The number of rotatable bonds is 28. The lowest BCUT2D eigenvalue weighted by Crippen LogP contribution is -2.34. The first-order valence-corrected chi connectivity index (χ1v) is 35.3. The van der Waals surface area contributed by atoms with Crippen LogP contribution >= 0.6 is 0 Å². The Morgan fingerprint density at radius 1 is 0.636 bits per heavy atom. The average Bonchev–Trinajstić information content (AvgIpc) is 3.82. The van der Waals surface area contributed by atoms with Crippen LogP contribution in [0.25, 0.3) is 0 Å². The van der Waals surface area contributed by atoms with Crippen molar-refractivity contribution < 1.29 is 62.8 Å². The van der Waals surface area contributed by atoms with E-state index < -0.39 is 52.1 Å². The van der Waals surface area contributed by atoms with Crippen molar-refractivity contribution >= 4 is 28.1 Å². The van der Waals surface area contributed by atoms with Crippen LogP contribution in [0.15, 0.2) is 72.8 Å². The van der Waals surface area contributed by atoms with Crippen molar-refractivity contribution in [3.63, 3.8) is 0 Å². The monoisotopic (exact) mass is 1100 g/mol. The zero-order valence-corrected chi connectivity index (χ0v) is 51.4. The Bertz CT molecular complexity index is 2370. The van der Waals surface area contributed by atoms with Crippen LogP contribution < -0.4 is 4.74 Å². The summed E-state index contributed by atoms with van der Waals surface area (Å²) in [4.78, 5) is 26.0. The lowest BCUT2D eigenvalue weighted by atomic mass is 9.93. The maximum absolute atomic E-state index is 13.1. The van der Waals surface area contributed by atoms with Gasteiger partial charge in [-0.2, -0.15) is 0 Å². The van der Waals surface area contributed by atoms with Gasteiger partial charge >= 0.3 is 11.9 Å². The van der Waals surface area contributed by atoms with Crippen molar-refractivity contribution in [3.8, 4) is 5.75 Å². The van der Waals surface area contributed by atoms with Crippen LogP contribution in [0.5, 0.6) is 5.75 Å². The number of aryl methyl sites for hydroxylation is 6. The summed E-state index contributed by atoms with van der Waals surface area (Å²) in [5.41, 5.74) is 8.56. The maximum atomic E-state index is 13.1. The number of carbonyl (C=O) groups excluding carboxylic acids is 2. The Kier molecular flexibility index (Phi) is 26.0. The molecule has 3 aromatic rings. The minimum Gasteiger partial charge on any atom is -0.497 e. The molecule has 0 bridgehead atoms. The zero-order chi connectivity index (χ0) is 57.1. The van der Waals surface area contributed by atoms with E-state index >= 15 is 0 Å². The smallest absolute Gasteiger partial charge is 0.338 e. The van der Waals surface area contributed by atoms with Gasteiger partial charge in [-0.15, -0.1) is 0 Å². The van der Waals surface area contributed by atoms with E-state index in [9.17, 15) is 19.8 Å². The van der Waals surface area contributed by atoms with E-state index in [2.05, 4.69) is 58.3 Å². The summed E-state index contributed by atoms with van der Waals surface area (Å²) in [5, 5.41) is 30.5. The van der Waals surface area contributed by atoms with Gasteiger partial charge in [0.1, 0.15) is 30.2 Å². The Morgan fingerprint density at radius 2 is 1.06 bits per heavy atom. The minimum atomic E-state index is -1.29. The number of esters is 2. The molecule has 0 aliphatic carbocycles. The molecule has 2 fully saturated rings. The topological polar surface area (TPSA) is 169 Å². The van der Waals surface area contributed by atoms with E-state index in [1.54, 1.807) is 25.3 Å². The van der Waals surface area contributed by atoms with Crippen molar-refractivity contribution in [1.29, 1.82) is 0 Å². The van der Waals surface area contributed by atoms with E-state index in [1.807, 2.05) is 90.9 Å². The maximum Gasteiger partial charge on any atom is 0.338 e. The van der Waals surface area contributed by atoms with E-state index in [1.165, 1.54) is 0 Å². The molecule has 2 aliphatic heterocycles. The molecule has 3 aromatic carbocycles. The highest BCUT2D eigenvalue weighted by atomic mass is 28.3. The van der Waals surface area contributed by atoms with Crippen molar-refractivity contribution in [2.75, 3.05) is 33.5 Å². The zero-order valence-electron chi connectivity index (χ0n) is 49.4. The van der Waals surface area contributed by atoms with E-state index in [0.29, 0.717) is 76.1 Å². The van der Waals surface area contributed by atoms with Crippen molar-refractivity contribution in [2.45, 2.75) is 213 Å². The largest absolute Gasteiger partial charge is 0.497 e. The second kappa shape index (κ2) is 30.5. The first kappa shape index (κ1) is 65.5. The van der Waals surface area contributed by atoms with Crippen LogP contribution in [0.2, 0.25) is 51.4 Å². The molecule has 77 heavy (non-hydrogen) atoms. The third kappa shape index (κ3) is 22.9. The van der Waals surface area contributed by atoms with Gasteiger partial charge in [-0.25, -0.2) is 9.59 Å². The van der Waals surface area contributed by atoms with Gasteiger partial charge in [0.25, 0.3) is 0 Å². The van der Waals surface area contributed by atoms with Crippen LogP contribution in [0.1, 0.15) is 126 Å². The van der Waals surface area contributed by atoms with Crippen LogP contribution in [0.4, 0.5) is 0 Å². The Morgan fingerprint density at radius 3 is 1.47 bits per heavy atom. The van der Waals surface area contributed by atoms with Gasteiger partial charge in [0, 0.05) is 22.8 Å². The highest BCUT2D eigenvalue weighted by Gasteiger charge is 2.45. The minimum absolute atomic E-state index is 0.0407. The molecule has 4 unspecified atom stereocenters. The van der Waals surface area contributed by atoms with Crippen LogP contribution in [0, 0.1) is 27.7 Å². The van der Waals surface area contributed by atoms with Gasteiger partial charge in [-0.1, -0.05) is 111 Å². The fraction of sp³-hybridized carbons (Fsp3) is 0.613. The van der Waals surface area contributed by atoms with Gasteiger partial charge in [-0.3, -0.25) is 0 Å². The molecule has 430 valence electrons. The fourth-order valence-electron chi connectivity index (χ4n) is 9.70. The number of hydrogen-bond donors (Lipinski definition) is 3. The Hall–Kier alpha value is -4.01. The molecule has 0 radical (unpaired) electrons. The Labute approximate surface area is 464 Å². The van der Waals surface area contributed by atoms with Crippen LogP contribution in [-0.4, -0.2) is 125 Å². The first-order chi connectivity index (χ1) is 36.1. The van der Waals surface area contributed by atoms with Gasteiger partial charge in [0.2, 0.25) is 0 Å². The third-order valence-corrected chi connectivity index (χ3v) is 16.9. The molecule has 2 aliphatic rings. The van der Waals surface area contributed by atoms with Crippen LogP contribution in [0.3, 0.4) is 0 Å². The quantitative estimate of drug-likeness (QED) is 0.0272. The lowest BCUT2D eigenvalue weighted by Gasteiger charge is -2.21. The fourth-order valence-corrected chi connectivity index (χ4v) is 11.1. The molecule has 3 N–H and O–H groups in total. The molecule has 0 spiro atoms. The second-order valence-electron chi connectivity index (χ2n) is 24.2. The number of ether oxygens (including phenoxy) is 8. The van der Waals surface area contributed by atoms with E-state index in [4.69, 9.17) is 43.0 Å². The SMILES string of the molecule is COc1ccc(COCC/C=C\C(O)C2OC(C)(C)O[C@H]2CCCc2cc(C)cc(C)c2C(=O)OCC[Si](C)(C)C)cc1.Cc1cc(C)c(C(=O)OCC[Si](C)(C)C)c(CCC[C@@H]2OC(C)(C)OC2C(O)/C=C\CCO)c1. The summed E-state index contributed by atoms with van der Waals surface area (Å²) >= 11 is 0. The number of aliphatic hydroxyl groups excluding tert-OH is 3. The average molecular weight is 1110 g/mol. The molecule has 2 saturated heterocycles. The standard InChI is InChI=1S/C35H52O7Si.C27H44O6Si/c1-25-22-26(2)32(34(37)40-20-21-43(6,7)8)28(23-25)12-11-14-31-33(42-35(3,4)41-31)30(36)13-9-10-19-39-24-27-15-17-29(38-5)18-16-27;1-19-17-20(2)24(26(30)31-15-16-34(5,6)7)21(18-19)11-10-13-23-25(33-27(3,4)32-23)22(29)12-8-9-14-28/h9,13,15-18,22-23,30-31,33,36H,10-12,14,19-21,24H2,1-8H3;8,12,17-18,22-23,25,28-29H,9-11,13-16H2,1-7H3/b13-9-;12-8-/t30?,31-,33?;22?,23-,25?/m00/s1. The summed E-state index contributed by atoms with van der Waals surface area (Å²) < 4.78 is 46.7. The number of hydrogen-bond acceptors (Lipinski definition) is 13.